The number of carbonyl (C=O) groups excluding carboxylic acids is 1. The summed E-state index contributed by atoms with van der Waals surface area (Å²) in [6, 6.07) is 15.0. The van der Waals surface area contributed by atoms with Crippen molar-refractivity contribution in [1.82, 2.24) is 0 Å². The molecule has 0 radical (unpaired) electrons. The second kappa shape index (κ2) is 6.32. The van der Waals surface area contributed by atoms with Crippen molar-refractivity contribution >= 4 is 21.5 Å². The van der Waals surface area contributed by atoms with Crippen LogP contribution in [0.1, 0.15) is 24.2 Å². The molecule has 0 aliphatic carbocycles. The van der Waals surface area contributed by atoms with E-state index >= 15 is 0 Å². The van der Waals surface area contributed by atoms with Crippen molar-refractivity contribution in [3.8, 4) is 0 Å². The summed E-state index contributed by atoms with van der Waals surface area (Å²) in [6.45, 7) is 3.58. The van der Waals surface area contributed by atoms with Gasteiger partial charge in [0, 0.05) is 18.5 Å². The second-order valence-corrected chi connectivity index (χ2v) is 7.32. The van der Waals surface area contributed by atoms with E-state index in [-0.39, 0.29) is 16.6 Å². The maximum atomic E-state index is 12.7. The molecule has 0 atom stereocenters. The normalized spacial score (nSPS) is 11.5. The van der Waals surface area contributed by atoms with E-state index in [9.17, 15) is 13.2 Å². The zero-order valence-electron chi connectivity index (χ0n) is 12.9. The molecule has 2 aromatic rings. The fraction of sp³-hybridized carbons (Fsp3) is 0.235. The zero-order chi connectivity index (χ0) is 16.3. The molecule has 4 nitrogen and oxygen atoms in total. The van der Waals surface area contributed by atoms with Gasteiger partial charge in [0.05, 0.1) is 10.6 Å². The first-order valence-electron chi connectivity index (χ1n) is 7.02. The fourth-order valence-corrected chi connectivity index (χ4v) is 3.32. The lowest BCUT2D eigenvalue weighted by Crippen LogP contribution is -2.26. The minimum Gasteiger partial charge on any atom is -0.294 e. The molecule has 0 fully saturated rings. The highest BCUT2D eigenvalue weighted by Gasteiger charge is 2.22. The molecular weight excluding hydrogens is 298 g/mol. The van der Waals surface area contributed by atoms with E-state index < -0.39 is 10.0 Å². The Morgan fingerprint density at radius 2 is 1.64 bits per heavy atom. The van der Waals surface area contributed by atoms with Crippen molar-refractivity contribution in [3.05, 3.63) is 60.2 Å². The van der Waals surface area contributed by atoms with Crippen molar-refractivity contribution in [2.75, 3.05) is 11.4 Å². The Labute approximate surface area is 131 Å². The number of nitrogens with zero attached hydrogens (tertiary/aromatic N) is 1. The van der Waals surface area contributed by atoms with Gasteiger partial charge in [-0.2, -0.15) is 0 Å². The van der Waals surface area contributed by atoms with Gasteiger partial charge >= 0.3 is 0 Å². The van der Waals surface area contributed by atoms with E-state index in [1.807, 2.05) is 6.07 Å². The molecule has 116 valence electrons. The van der Waals surface area contributed by atoms with Gasteiger partial charge < -0.3 is 0 Å². The molecular formula is C17H19NO3S. The first kappa shape index (κ1) is 16.2. The Balaban J connectivity index is 2.42. The van der Waals surface area contributed by atoms with Gasteiger partial charge in [-0.1, -0.05) is 44.2 Å². The van der Waals surface area contributed by atoms with Crippen molar-refractivity contribution in [3.63, 3.8) is 0 Å². The summed E-state index contributed by atoms with van der Waals surface area (Å²) >= 11 is 0. The van der Waals surface area contributed by atoms with Gasteiger partial charge in [0.1, 0.15) is 0 Å². The Bertz CT molecular complexity index is 768. The summed E-state index contributed by atoms with van der Waals surface area (Å²) in [5.74, 6) is -0.246. The highest BCUT2D eigenvalue weighted by Crippen LogP contribution is 2.23. The number of carbonyl (C=O) groups is 1. The number of anilines is 1. The average molecular weight is 317 g/mol. The lowest BCUT2D eigenvalue weighted by Gasteiger charge is -2.19. The number of ketones is 1. The smallest absolute Gasteiger partial charge is 0.264 e. The number of rotatable bonds is 5. The van der Waals surface area contributed by atoms with Gasteiger partial charge in [-0.15, -0.1) is 0 Å². The summed E-state index contributed by atoms with van der Waals surface area (Å²) in [5, 5.41) is 0. The van der Waals surface area contributed by atoms with Crippen LogP contribution >= 0.6 is 0 Å². The summed E-state index contributed by atoms with van der Waals surface area (Å²) in [7, 11) is -2.19. The molecule has 0 heterocycles. The van der Waals surface area contributed by atoms with Crippen molar-refractivity contribution < 1.29 is 13.2 Å². The summed E-state index contributed by atoms with van der Waals surface area (Å²) in [6.07, 6.45) is 0. The third-order valence-electron chi connectivity index (χ3n) is 3.42. The van der Waals surface area contributed by atoms with Crippen LogP contribution in [-0.2, 0) is 10.0 Å². The SMILES string of the molecule is CC(C)C(=O)c1cccc(S(=O)(=O)N(C)c2ccccc2)c1. The van der Waals surface area contributed by atoms with Crippen molar-refractivity contribution in [2.45, 2.75) is 18.7 Å². The third kappa shape index (κ3) is 3.20. The van der Waals surface area contributed by atoms with Crippen LogP contribution in [0.4, 0.5) is 5.69 Å². The van der Waals surface area contributed by atoms with Crippen LogP contribution in [0, 0.1) is 5.92 Å². The van der Waals surface area contributed by atoms with Gasteiger partial charge in [-0.05, 0) is 24.3 Å². The number of Topliss-reactive ketones (excluding diaryl/α,β-unsaturated/α-hetero) is 1. The molecule has 0 aliphatic rings. The average Bonchev–Trinajstić information content (AvgIpc) is 2.54. The molecule has 0 aliphatic heterocycles. The number of hydrogen-bond acceptors (Lipinski definition) is 3. The van der Waals surface area contributed by atoms with E-state index in [1.54, 1.807) is 50.2 Å². The van der Waals surface area contributed by atoms with E-state index in [4.69, 9.17) is 0 Å². The number of hydrogen-bond donors (Lipinski definition) is 0. The lowest BCUT2D eigenvalue weighted by molar-refractivity contribution is 0.0939. The van der Waals surface area contributed by atoms with Gasteiger partial charge in [0.15, 0.2) is 5.78 Å². The quantitative estimate of drug-likeness (QED) is 0.795. The van der Waals surface area contributed by atoms with Crippen LogP contribution in [0.2, 0.25) is 0 Å². The molecule has 22 heavy (non-hydrogen) atoms. The van der Waals surface area contributed by atoms with Crippen LogP contribution in [0.3, 0.4) is 0 Å². The second-order valence-electron chi connectivity index (χ2n) is 5.35. The van der Waals surface area contributed by atoms with E-state index in [2.05, 4.69) is 0 Å². The molecule has 0 bridgehead atoms. The highest BCUT2D eigenvalue weighted by molar-refractivity contribution is 7.92. The Hall–Kier alpha value is -2.14. The maximum absolute atomic E-state index is 12.7. The summed E-state index contributed by atoms with van der Waals surface area (Å²) in [5.41, 5.74) is 0.987. The standard InChI is InChI=1S/C17H19NO3S/c1-13(2)17(19)14-8-7-11-16(12-14)22(20,21)18(3)15-9-5-4-6-10-15/h4-13H,1-3H3. The molecule has 2 aromatic carbocycles. The van der Waals surface area contributed by atoms with Crippen molar-refractivity contribution in [1.29, 1.82) is 0 Å². The number of benzene rings is 2. The highest BCUT2D eigenvalue weighted by atomic mass is 32.2. The zero-order valence-corrected chi connectivity index (χ0v) is 13.7. The van der Waals surface area contributed by atoms with E-state index in [0.717, 1.165) is 0 Å². The molecule has 0 spiro atoms. The van der Waals surface area contributed by atoms with Gasteiger partial charge in [0.2, 0.25) is 0 Å². The Morgan fingerprint density at radius 3 is 2.23 bits per heavy atom. The molecule has 0 amide bonds. The van der Waals surface area contributed by atoms with Crippen LogP contribution < -0.4 is 4.31 Å². The van der Waals surface area contributed by atoms with Crippen LogP contribution in [0.25, 0.3) is 0 Å². The Kier molecular flexibility index (Phi) is 4.66. The minimum absolute atomic E-state index is 0.0700. The minimum atomic E-state index is -3.69. The summed E-state index contributed by atoms with van der Waals surface area (Å²) in [4.78, 5) is 12.2. The van der Waals surface area contributed by atoms with Crippen LogP contribution in [-0.4, -0.2) is 21.2 Å². The molecule has 0 aromatic heterocycles. The summed E-state index contributed by atoms with van der Waals surface area (Å²) < 4.78 is 26.6. The predicted molar refractivity (Wildman–Crippen MR) is 87.6 cm³/mol. The van der Waals surface area contributed by atoms with Gasteiger partial charge in [0.25, 0.3) is 10.0 Å². The van der Waals surface area contributed by atoms with Crippen LogP contribution in [0.15, 0.2) is 59.5 Å². The van der Waals surface area contributed by atoms with Crippen LogP contribution in [0.5, 0.6) is 0 Å². The molecule has 0 N–H and O–H groups in total. The first-order valence-corrected chi connectivity index (χ1v) is 8.46. The monoisotopic (exact) mass is 317 g/mol. The van der Waals surface area contributed by atoms with Crippen molar-refractivity contribution in [2.24, 2.45) is 5.92 Å². The predicted octanol–water partition coefficient (Wildman–Crippen LogP) is 3.35. The molecule has 0 saturated carbocycles. The largest absolute Gasteiger partial charge is 0.294 e. The van der Waals surface area contributed by atoms with E-state index in [0.29, 0.717) is 11.3 Å². The lowest BCUT2D eigenvalue weighted by atomic mass is 10.0. The molecule has 2 rings (SSSR count). The topological polar surface area (TPSA) is 54.5 Å². The van der Waals surface area contributed by atoms with Gasteiger partial charge in [-0.3, -0.25) is 9.10 Å². The third-order valence-corrected chi connectivity index (χ3v) is 5.20. The maximum Gasteiger partial charge on any atom is 0.264 e. The first-order chi connectivity index (χ1) is 10.3. The Morgan fingerprint density at radius 1 is 1.00 bits per heavy atom. The van der Waals surface area contributed by atoms with E-state index in [1.165, 1.54) is 23.5 Å². The molecule has 5 heteroatoms. The number of sulfonamides is 1. The van der Waals surface area contributed by atoms with Gasteiger partial charge in [-0.25, -0.2) is 8.42 Å². The molecule has 0 unspecified atom stereocenters. The fourth-order valence-electron chi connectivity index (χ4n) is 2.08. The number of para-hydroxylation sites is 1. The molecule has 0 saturated heterocycles.